The van der Waals surface area contributed by atoms with E-state index in [4.69, 9.17) is 23.2 Å². The van der Waals surface area contributed by atoms with Gasteiger partial charge in [-0.2, -0.15) is 0 Å². The summed E-state index contributed by atoms with van der Waals surface area (Å²) in [6.07, 6.45) is 2.28. The van der Waals surface area contributed by atoms with Gasteiger partial charge in [0.15, 0.2) is 0 Å². The van der Waals surface area contributed by atoms with E-state index in [0.717, 1.165) is 32.4 Å². The molecule has 22 heavy (non-hydrogen) atoms. The Morgan fingerprint density at radius 3 is 2.82 bits per heavy atom. The van der Waals surface area contributed by atoms with Gasteiger partial charge in [-0.15, -0.1) is 0 Å². The normalized spacial score (nSPS) is 24.0. The van der Waals surface area contributed by atoms with E-state index < -0.39 is 6.10 Å². The second-order valence-electron chi connectivity index (χ2n) is 6.30. The van der Waals surface area contributed by atoms with E-state index in [2.05, 4.69) is 10.6 Å². The number of benzene rings is 1. The lowest BCUT2D eigenvalue weighted by atomic mass is 9.92. The van der Waals surface area contributed by atoms with Crippen LogP contribution in [0.4, 0.5) is 0 Å². The molecule has 0 bridgehead atoms. The minimum atomic E-state index is -0.823. The zero-order chi connectivity index (χ0) is 15.7. The molecule has 2 fully saturated rings. The first-order valence-corrected chi connectivity index (χ1v) is 8.39. The summed E-state index contributed by atoms with van der Waals surface area (Å²) in [6.45, 7) is 2.16. The van der Waals surface area contributed by atoms with Gasteiger partial charge >= 0.3 is 0 Å². The van der Waals surface area contributed by atoms with Crippen molar-refractivity contribution in [3.63, 3.8) is 0 Å². The van der Waals surface area contributed by atoms with Crippen molar-refractivity contribution >= 4 is 29.1 Å². The number of rotatable bonds is 4. The minimum absolute atomic E-state index is 0.0473. The van der Waals surface area contributed by atoms with Gasteiger partial charge in [0.05, 0.1) is 6.10 Å². The number of piperidine rings is 1. The van der Waals surface area contributed by atoms with Crippen LogP contribution in [0.15, 0.2) is 18.2 Å². The van der Waals surface area contributed by atoms with Crippen LogP contribution in [0, 0.1) is 11.3 Å². The van der Waals surface area contributed by atoms with Gasteiger partial charge < -0.3 is 15.7 Å². The van der Waals surface area contributed by atoms with Crippen molar-refractivity contribution in [2.24, 2.45) is 11.3 Å². The van der Waals surface area contributed by atoms with E-state index in [9.17, 15) is 9.90 Å². The molecular formula is C16H20Cl2N2O2. The molecule has 1 aromatic carbocycles. The number of carbonyl (C=O) groups is 1. The quantitative estimate of drug-likeness (QED) is 0.787. The molecule has 3 N–H and O–H groups in total. The maximum Gasteiger partial charge on any atom is 0.223 e. The van der Waals surface area contributed by atoms with Crippen LogP contribution in [-0.2, 0) is 4.79 Å². The zero-order valence-electron chi connectivity index (χ0n) is 12.2. The molecule has 0 aromatic heterocycles. The second kappa shape index (κ2) is 6.36. The highest BCUT2D eigenvalue weighted by molar-refractivity contribution is 6.35. The third kappa shape index (κ3) is 3.25. The Balaban J connectivity index is 1.53. The minimum Gasteiger partial charge on any atom is -0.387 e. The van der Waals surface area contributed by atoms with Gasteiger partial charge in [0, 0.05) is 28.1 Å². The highest BCUT2D eigenvalue weighted by Gasteiger charge is 2.57. The summed E-state index contributed by atoms with van der Waals surface area (Å²) in [5.74, 6) is 0.147. The van der Waals surface area contributed by atoms with E-state index in [1.54, 1.807) is 18.2 Å². The monoisotopic (exact) mass is 342 g/mol. The van der Waals surface area contributed by atoms with Crippen LogP contribution in [-0.4, -0.2) is 30.6 Å². The molecular weight excluding hydrogens is 323 g/mol. The number of aliphatic hydroxyl groups excluding tert-OH is 1. The van der Waals surface area contributed by atoms with Crippen molar-refractivity contribution in [1.29, 1.82) is 0 Å². The Morgan fingerprint density at radius 1 is 1.41 bits per heavy atom. The second-order valence-corrected chi connectivity index (χ2v) is 7.14. The number of aliphatic hydroxyl groups is 1. The predicted molar refractivity (Wildman–Crippen MR) is 87.1 cm³/mol. The molecule has 3 rings (SSSR count). The van der Waals surface area contributed by atoms with Gasteiger partial charge in [-0.05, 0) is 49.9 Å². The van der Waals surface area contributed by atoms with Crippen LogP contribution < -0.4 is 10.6 Å². The number of carbonyl (C=O) groups excluding carboxylic acids is 1. The fourth-order valence-corrected chi connectivity index (χ4v) is 3.93. The number of amides is 1. The Bertz CT molecular complexity index is 573. The van der Waals surface area contributed by atoms with Crippen LogP contribution in [0.2, 0.25) is 10.0 Å². The van der Waals surface area contributed by atoms with Gasteiger partial charge in [-0.1, -0.05) is 29.3 Å². The zero-order valence-corrected chi connectivity index (χ0v) is 13.8. The molecule has 4 nitrogen and oxygen atoms in total. The van der Waals surface area contributed by atoms with Crippen molar-refractivity contribution in [3.05, 3.63) is 33.8 Å². The summed E-state index contributed by atoms with van der Waals surface area (Å²) in [5.41, 5.74) is 0.789. The van der Waals surface area contributed by atoms with Gasteiger partial charge in [0.1, 0.15) is 0 Å². The van der Waals surface area contributed by atoms with Crippen LogP contribution in [0.1, 0.15) is 30.9 Å². The topological polar surface area (TPSA) is 61.4 Å². The van der Waals surface area contributed by atoms with Gasteiger partial charge in [0.25, 0.3) is 0 Å². The third-order valence-electron chi connectivity index (χ3n) is 4.90. The highest BCUT2D eigenvalue weighted by Crippen LogP contribution is 2.58. The fraction of sp³-hybridized carbons (Fsp3) is 0.562. The summed E-state index contributed by atoms with van der Waals surface area (Å²) >= 11 is 11.9. The number of halogens is 2. The maximum atomic E-state index is 12.3. The molecule has 2 unspecified atom stereocenters. The van der Waals surface area contributed by atoms with Gasteiger partial charge in [0.2, 0.25) is 5.91 Å². The van der Waals surface area contributed by atoms with Crippen LogP contribution >= 0.6 is 23.2 Å². The summed E-state index contributed by atoms with van der Waals surface area (Å²) in [4.78, 5) is 12.3. The standard InChI is InChI=1S/C16H20Cl2N2O2/c17-10-1-2-11(13(18)7-10)14(21)9-20-15(22)12-8-16(12)3-5-19-6-4-16/h1-2,7,12,14,19,21H,3-6,8-9H2,(H,20,22). The van der Waals surface area contributed by atoms with Crippen molar-refractivity contribution in [3.8, 4) is 0 Å². The molecule has 1 heterocycles. The lowest BCUT2D eigenvalue weighted by molar-refractivity contribution is -0.123. The molecule has 0 radical (unpaired) electrons. The van der Waals surface area contributed by atoms with E-state index >= 15 is 0 Å². The van der Waals surface area contributed by atoms with E-state index in [-0.39, 0.29) is 23.8 Å². The largest absolute Gasteiger partial charge is 0.387 e. The Morgan fingerprint density at radius 2 is 2.14 bits per heavy atom. The molecule has 6 heteroatoms. The molecule has 2 atom stereocenters. The Hall–Kier alpha value is -0.810. The van der Waals surface area contributed by atoms with E-state index in [1.807, 2.05) is 0 Å². The van der Waals surface area contributed by atoms with Crippen LogP contribution in [0.25, 0.3) is 0 Å². The predicted octanol–water partition coefficient (Wildman–Crippen LogP) is 2.53. The van der Waals surface area contributed by atoms with Crippen molar-refractivity contribution < 1.29 is 9.90 Å². The molecule has 1 amide bonds. The number of hydrogen-bond donors (Lipinski definition) is 3. The highest BCUT2D eigenvalue weighted by atomic mass is 35.5. The molecule has 1 saturated carbocycles. The van der Waals surface area contributed by atoms with Crippen molar-refractivity contribution in [2.75, 3.05) is 19.6 Å². The molecule has 1 aliphatic carbocycles. The smallest absolute Gasteiger partial charge is 0.223 e. The van der Waals surface area contributed by atoms with E-state index in [0.29, 0.717) is 15.6 Å². The summed E-state index contributed by atoms with van der Waals surface area (Å²) in [6, 6.07) is 4.96. The fourth-order valence-electron chi connectivity index (χ4n) is 3.40. The molecule has 1 aliphatic heterocycles. The number of hydrogen-bond acceptors (Lipinski definition) is 3. The summed E-state index contributed by atoms with van der Waals surface area (Å²) in [5, 5.41) is 17.3. The lowest BCUT2D eigenvalue weighted by Gasteiger charge is -2.23. The molecule has 120 valence electrons. The average Bonchev–Trinajstić information content (AvgIpc) is 3.18. The third-order valence-corrected chi connectivity index (χ3v) is 5.46. The Kier molecular flexibility index (Phi) is 4.64. The first-order chi connectivity index (χ1) is 10.5. The van der Waals surface area contributed by atoms with E-state index in [1.165, 1.54) is 0 Å². The Labute approximate surface area is 140 Å². The molecule has 1 saturated heterocycles. The van der Waals surface area contributed by atoms with Crippen LogP contribution in [0.3, 0.4) is 0 Å². The number of nitrogens with one attached hydrogen (secondary N) is 2. The summed E-state index contributed by atoms with van der Waals surface area (Å²) in [7, 11) is 0. The first-order valence-electron chi connectivity index (χ1n) is 7.63. The molecule has 1 aromatic rings. The van der Waals surface area contributed by atoms with Gasteiger partial charge in [-0.25, -0.2) is 0 Å². The van der Waals surface area contributed by atoms with Gasteiger partial charge in [-0.3, -0.25) is 4.79 Å². The van der Waals surface area contributed by atoms with Crippen LogP contribution in [0.5, 0.6) is 0 Å². The average molecular weight is 343 g/mol. The molecule has 1 spiro atoms. The lowest BCUT2D eigenvalue weighted by Crippen LogP contribution is -2.35. The SMILES string of the molecule is O=C(NCC(O)c1ccc(Cl)cc1Cl)C1CC12CCNCC2. The van der Waals surface area contributed by atoms with Crippen molar-refractivity contribution in [2.45, 2.75) is 25.4 Å². The first kappa shape index (κ1) is 16.1. The maximum absolute atomic E-state index is 12.3. The van der Waals surface area contributed by atoms with Crippen molar-refractivity contribution in [1.82, 2.24) is 10.6 Å². The summed E-state index contributed by atoms with van der Waals surface area (Å²) < 4.78 is 0. The molecule has 2 aliphatic rings.